The summed E-state index contributed by atoms with van der Waals surface area (Å²) in [5, 5.41) is 0. The van der Waals surface area contributed by atoms with Crippen LogP contribution in [-0.2, 0) is 9.59 Å². The Morgan fingerprint density at radius 2 is 1.52 bits per heavy atom. The van der Waals surface area contributed by atoms with Crippen molar-refractivity contribution in [2.45, 2.75) is 26.3 Å². The number of amides is 2. The van der Waals surface area contributed by atoms with E-state index >= 15 is 0 Å². The van der Waals surface area contributed by atoms with Gasteiger partial charge in [0.2, 0.25) is 0 Å². The molecule has 0 spiro atoms. The third-order valence-electron chi connectivity index (χ3n) is 4.38. The number of para-hydroxylation sites is 3. The van der Waals surface area contributed by atoms with Crippen molar-refractivity contribution in [1.29, 1.82) is 0 Å². The average molecular weight is 337 g/mol. The number of hydrogen-bond acceptors (Lipinski definition) is 3. The minimum atomic E-state index is -1.21. The molecule has 25 heavy (non-hydrogen) atoms. The molecular formula is C20H23N3O2. The third kappa shape index (κ3) is 3.28. The summed E-state index contributed by atoms with van der Waals surface area (Å²) in [5.74, 6) is -0.312. The Morgan fingerprint density at radius 3 is 2.16 bits per heavy atom. The first-order chi connectivity index (χ1) is 12.0. The van der Waals surface area contributed by atoms with E-state index in [0.29, 0.717) is 23.8 Å². The van der Waals surface area contributed by atoms with Crippen LogP contribution in [0.4, 0.5) is 17.1 Å². The molecule has 1 aliphatic rings. The molecule has 1 atom stereocenters. The van der Waals surface area contributed by atoms with Crippen LogP contribution in [0.5, 0.6) is 0 Å². The second-order valence-electron chi connectivity index (χ2n) is 6.65. The lowest BCUT2D eigenvalue weighted by atomic mass is 10.1. The first kappa shape index (κ1) is 17.2. The number of benzene rings is 2. The van der Waals surface area contributed by atoms with E-state index in [1.54, 1.807) is 9.80 Å². The fraction of sp³-hybridized carbons (Fsp3) is 0.300. The predicted molar refractivity (Wildman–Crippen MR) is 99.8 cm³/mol. The summed E-state index contributed by atoms with van der Waals surface area (Å²) in [6, 6.07) is 15.6. The molecule has 2 aromatic carbocycles. The number of carbonyl (C=O) groups is 2. The molecule has 0 aliphatic carbocycles. The van der Waals surface area contributed by atoms with Gasteiger partial charge >= 0.3 is 0 Å². The molecule has 0 saturated carbocycles. The number of anilines is 3. The van der Waals surface area contributed by atoms with Crippen molar-refractivity contribution in [2.24, 2.45) is 11.7 Å². The zero-order valence-electron chi connectivity index (χ0n) is 14.6. The van der Waals surface area contributed by atoms with Crippen molar-refractivity contribution in [3.63, 3.8) is 0 Å². The van der Waals surface area contributed by atoms with Crippen LogP contribution in [0.3, 0.4) is 0 Å². The topological polar surface area (TPSA) is 66.6 Å². The highest BCUT2D eigenvalue weighted by molar-refractivity contribution is 6.22. The molecule has 2 amide bonds. The van der Waals surface area contributed by atoms with E-state index in [4.69, 9.17) is 5.73 Å². The van der Waals surface area contributed by atoms with Crippen molar-refractivity contribution in [3.05, 3.63) is 54.6 Å². The monoisotopic (exact) mass is 337 g/mol. The van der Waals surface area contributed by atoms with E-state index in [-0.39, 0.29) is 5.91 Å². The summed E-state index contributed by atoms with van der Waals surface area (Å²) < 4.78 is 0. The SMILES string of the molecule is CC(C)CCN1C(=O)[C@@H](N)C(=O)N(c2ccccc2)c2ccccc21. The van der Waals surface area contributed by atoms with Crippen LogP contribution in [0, 0.1) is 5.92 Å². The molecule has 0 radical (unpaired) electrons. The van der Waals surface area contributed by atoms with E-state index in [2.05, 4.69) is 13.8 Å². The number of rotatable bonds is 4. The Kier molecular flexibility index (Phi) is 4.86. The molecule has 130 valence electrons. The Labute approximate surface area is 148 Å². The van der Waals surface area contributed by atoms with Crippen LogP contribution >= 0.6 is 0 Å². The van der Waals surface area contributed by atoms with Crippen molar-refractivity contribution in [1.82, 2.24) is 0 Å². The predicted octanol–water partition coefficient (Wildman–Crippen LogP) is 3.07. The largest absolute Gasteiger partial charge is 0.312 e. The van der Waals surface area contributed by atoms with Gasteiger partial charge in [0.25, 0.3) is 11.8 Å². The van der Waals surface area contributed by atoms with Crippen LogP contribution < -0.4 is 15.5 Å². The van der Waals surface area contributed by atoms with Gasteiger partial charge in [-0.2, -0.15) is 0 Å². The van der Waals surface area contributed by atoms with Gasteiger partial charge in [0.1, 0.15) is 0 Å². The molecule has 3 rings (SSSR count). The molecule has 1 aliphatic heterocycles. The molecule has 0 aromatic heterocycles. The lowest BCUT2D eigenvalue weighted by Gasteiger charge is -2.26. The molecule has 0 fully saturated rings. The summed E-state index contributed by atoms with van der Waals surface area (Å²) in [6.45, 7) is 4.75. The summed E-state index contributed by atoms with van der Waals surface area (Å²) in [5.41, 5.74) is 8.15. The zero-order valence-corrected chi connectivity index (χ0v) is 14.6. The normalized spacial score (nSPS) is 17.7. The van der Waals surface area contributed by atoms with Gasteiger partial charge in [-0.05, 0) is 36.6 Å². The summed E-state index contributed by atoms with van der Waals surface area (Å²) in [4.78, 5) is 29.0. The van der Waals surface area contributed by atoms with Crippen LogP contribution in [0.25, 0.3) is 0 Å². The third-order valence-corrected chi connectivity index (χ3v) is 4.38. The Morgan fingerprint density at radius 1 is 0.920 bits per heavy atom. The first-order valence-electron chi connectivity index (χ1n) is 8.55. The van der Waals surface area contributed by atoms with Gasteiger partial charge < -0.3 is 10.6 Å². The van der Waals surface area contributed by atoms with Gasteiger partial charge in [-0.25, -0.2) is 0 Å². The fourth-order valence-electron chi connectivity index (χ4n) is 2.99. The molecular weight excluding hydrogens is 314 g/mol. The van der Waals surface area contributed by atoms with Crippen LogP contribution in [0.2, 0.25) is 0 Å². The number of nitrogens with zero attached hydrogens (tertiary/aromatic N) is 2. The highest BCUT2D eigenvalue weighted by Crippen LogP contribution is 2.37. The molecule has 5 heteroatoms. The number of carbonyl (C=O) groups excluding carboxylic acids is 2. The molecule has 1 heterocycles. The average Bonchev–Trinajstić information content (AvgIpc) is 2.69. The molecule has 5 nitrogen and oxygen atoms in total. The minimum Gasteiger partial charge on any atom is -0.312 e. The van der Waals surface area contributed by atoms with Crippen LogP contribution in [0.15, 0.2) is 54.6 Å². The van der Waals surface area contributed by atoms with E-state index in [1.807, 2.05) is 54.6 Å². The van der Waals surface area contributed by atoms with Gasteiger partial charge in [-0.1, -0.05) is 44.2 Å². The fourth-order valence-corrected chi connectivity index (χ4v) is 2.99. The molecule has 0 unspecified atom stereocenters. The smallest absolute Gasteiger partial charge is 0.258 e. The van der Waals surface area contributed by atoms with Gasteiger partial charge in [-0.3, -0.25) is 14.5 Å². The molecule has 2 N–H and O–H groups in total. The van der Waals surface area contributed by atoms with Crippen LogP contribution in [0.1, 0.15) is 20.3 Å². The number of fused-ring (bicyclic) bond motifs is 1. The first-order valence-corrected chi connectivity index (χ1v) is 8.55. The van der Waals surface area contributed by atoms with Gasteiger partial charge in [0.15, 0.2) is 6.04 Å². The second kappa shape index (κ2) is 7.07. The molecule has 2 aromatic rings. The van der Waals surface area contributed by atoms with E-state index in [9.17, 15) is 9.59 Å². The van der Waals surface area contributed by atoms with Crippen molar-refractivity contribution < 1.29 is 9.59 Å². The lowest BCUT2D eigenvalue weighted by Crippen LogP contribution is -2.50. The number of hydrogen-bond donors (Lipinski definition) is 1. The maximum Gasteiger partial charge on any atom is 0.258 e. The van der Waals surface area contributed by atoms with E-state index in [1.165, 1.54) is 0 Å². The van der Waals surface area contributed by atoms with E-state index in [0.717, 1.165) is 12.1 Å². The van der Waals surface area contributed by atoms with Crippen molar-refractivity contribution in [3.8, 4) is 0 Å². The summed E-state index contributed by atoms with van der Waals surface area (Å²) in [6.07, 6.45) is 0.840. The highest BCUT2D eigenvalue weighted by Gasteiger charge is 2.38. The summed E-state index contributed by atoms with van der Waals surface area (Å²) in [7, 11) is 0. The van der Waals surface area contributed by atoms with Crippen molar-refractivity contribution in [2.75, 3.05) is 16.3 Å². The van der Waals surface area contributed by atoms with Crippen LogP contribution in [-0.4, -0.2) is 24.4 Å². The Bertz CT molecular complexity index is 774. The molecule has 0 saturated heterocycles. The standard InChI is InChI=1S/C20H23N3O2/c1-14(2)12-13-22-16-10-6-7-11-17(16)23(15-8-4-3-5-9-15)20(25)18(21)19(22)24/h3-11,14,18H,12-13,21H2,1-2H3/t18-/m1/s1. The second-order valence-corrected chi connectivity index (χ2v) is 6.65. The molecule has 0 bridgehead atoms. The van der Waals surface area contributed by atoms with Gasteiger partial charge in [0, 0.05) is 12.2 Å². The van der Waals surface area contributed by atoms with Crippen molar-refractivity contribution >= 4 is 28.9 Å². The lowest BCUT2D eigenvalue weighted by molar-refractivity contribution is -0.127. The zero-order chi connectivity index (χ0) is 18.0. The van der Waals surface area contributed by atoms with Gasteiger partial charge in [0.05, 0.1) is 11.4 Å². The summed E-state index contributed by atoms with van der Waals surface area (Å²) >= 11 is 0. The number of nitrogens with two attached hydrogens (primary N) is 1. The Balaban J connectivity index is 2.13. The van der Waals surface area contributed by atoms with E-state index < -0.39 is 11.9 Å². The maximum atomic E-state index is 13.0. The van der Waals surface area contributed by atoms with Gasteiger partial charge in [-0.15, -0.1) is 0 Å². The Hall–Kier alpha value is -2.66. The quantitative estimate of drug-likeness (QED) is 0.872. The maximum absolute atomic E-state index is 13.0. The highest BCUT2D eigenvalue weighted by atomic mass is 16.2. The minimum absolute atomic E-state index is 0.350.